The number of carboxylic acids is 1. The molecule has 0 aliphatic heterocycles. The van der Waals surface area contributed by atoms with Crippen LogP contribution in [0.1, 0.15) is 5.56 Å². The summed E-state index contributed by atoms with van der Waals surface area (Å²) in [7, 11) is -4.00. The molecule has 1 N–H and O–H groups in total. The Morgan fingerprint density at radius 2 is 1.84 bits per heavy atom. The van der Waals surface area contributed by atoms with Crippen molar-refractivity contribution in [2.24, 2.45) is 0 Å². The molecule has 9 heteroatoms. The van der Waals surface area contributed by atoms with E-state index in [0.29, 0.717) is 0 Å². The van der Waals surface area contributed by atoms with Gasteiger partial charge in [-0.15, -0.1) is 0 Å². The van der Waals surface area contributed by atoms with Crippen molar-refractivity contribution >= 4 is 26.7 Å². The van der Waals surface area contributed by atoms with Crippen LogP contribution in [-0.4, -0.2) is 29.3 Å². The van der Waals surface area contributed by atoms with E-state index in [2.05, 4.69) is 5.10 Å². The Balaban J connectivity index is 2.12. The molecule has 0 aliphatic rings. The van der Waals surface area contributed by atoms with Gasteiger partial charge in [-0.25, -0.2) is 17.2 Å². The molecule has 0 saturated heterocycles. The minimum atomic E-state index is -4.00. The van der Waals surface area contributed by atoms with Crippen LogP contribution < -0.4 is 0 Å². The highest BCUT2D eigenvalue weighted by Gasteiger charge is 2.25. The Morgan fingerprint density at radius 1 is 1.12 bits per heavy atom. The molecule has 1 aromatic heterocycles. The van der Waals surface area contributed by atoms with Crippen molar-refractivity contribution in [1.29, 1.82) is 0 Å². The van der Waals surface area contributed by atoms with Gasteiger partial charge in [-0.3, -0.25) is 9.48 Å². The molecule has 0 bridgehead atoms. The predicted octanol–water partition coefficient (Wildman–Crippen LogP) is 2.37. The van der Waals surface area contributed by atoms with Gasteiger partial charge >= 0.3 is 5.97 Å². The Bertz CT molecular complexity index is 1080. The van der Waals surface area contributed by atoms with Gasteiger partial charge in [0.2, 0.25) is 9.84 Å². The van der Waals surface area contributed by atoms with Crippen LogP contribution in [0.4, 0.5) is 8.78 Å². The zero-order valence-corrected chi connectivity index (χ0v) is 13.5. The molecule has 2 aromatic carbocycles. The Kier molecular flexibility index (Phi) is 4.25. The topological polar surface area (TPSA) is 89.3 Å². The third kappa shape index (κ3) is 3.50. The van der Waals surface area contributed by atoms with Gasteiger partial charge in [-0.1, -0.05) is 12.1 Å². The number of halogens is 2. The maximum Gasteiger partial charge on any atom is 0.325 e. The maximum atomic E-state index is 13.5. The summed E-state index contributed by atoms with van der Waals surface area (Å²) in [5.41, 5.74) is 0.281. The summed E-state index contributed by atoms with van der Waals surface area (Å²) in [4.78, 5) is 10.9. The SMILES string of the molecule is O=C(O)Cn1nc(S(=O)(=O)Cc2cccc(F)c2)c2ccc(F)cc21. The van der Waals surface area contributed by atoms with Gasteiger partial charge in [-0.2, -0.15) is 5.10 Å². The summed E-state index contributed by atoms with van der Waals surface area (Å²) in [5, 5.41) is 12.5. The lowest BCUT2D eigenvalue weighted by atomic mass is 10.2. The van der Waals surface area contributed by atoms with E-state index < -0.39 is 39.7 Å². The van der Waals surface area contributed by atoms with Gasteiger partial charge in [0.1, 0.15) is 18.2 Å². The molecule has 0 saturated carbocycles. The number of hydrogen-bond donors (Lipinski definition) is 1. The van der Waals surface area contributed by atoms with Crippen molar-refractivity contribution < 1.29 is 27.1 Å². The third-order valence-electron chi connectivity index (χ3n) is 3.51. The summed E-state index contributed by atoms with van der Waals surface area (Å²) in [6.45, 7) is -0.616. The first kappa shape index (κ1) is 17.0. The van der Waals surface area contributed by atoms with Crippen LogP contribution in [0.2, 0.25) is 0 Å². The van der Waals surface area contributed by atoms with Gasteiger partial charge in [0.05, 0.1) is 11.3 Å². The number of carbonyl (C=O) groups is 1. The molecule has 0 aliphatic carbocycles. The standard InChI is InChI=1S/C16H12F2N2O4S/c17-11-3-1-2-10(6-11)9-25(23,24)16-13-5-4-12(18)7-14(13)20(19-16)8-15(21)22/h1-7H,8-9H2,(H,21,22). The van der Waals surface area contributed by atoms with Gasteiger partial charge < -0.3 is 5.11 Å². The highest BCUT2D eigenvalue weighted by atomic mass is 32.2. The second-order valence-corrected chi connectivity index (χ2v) is 7.31. The first-order chi connectivity index (χ1) is 11.8. The highest BCUT2D eigenvalue weighted by molar-refractivity contribution is 7.90. The number of aromatic nitrogens is 2. The van der Waals surface area contributed by atoms with Crippen LogP contribution in [0.25, 0.3) is 10.9 Å². The van der Waals surface area contributed by atoms with Gasteiger partial charge in [0, 0.05) is 5.39 Å². The van der Waals surface area contributed by atoms with Gasteiger partial charge in [0.25, 0.3) is 0 Å². The fourth-order valence-electron chi connectivity index (χ4n) is 2.51. The molecule has 0 atom stereocenters. The number of carboxylic acid groups (broad SMARTS) is 1. The molecule has 1 heterocycles. The zero-order valence-electron chi connectivity index (χ0n) is 12.7. The van der Waals surface area contributed by atoms with Gasteiger partial charge in [-0.05, 0) is 35.9 Å². The summed E-state index contributed by atoms with van der Waals surface area (Å²) >= 11 is 0. The monoisotopic (exact) mass is 366 g/mol. The van der Waals surface area contributed by atoms with Crippen molar-refractivity contribution in [2.45, 2.75) is 17.3 Å². The van der Waals surface area contributed by atoms with Crippen molar-refractivity contribution in [3.05, 3.63) is 59.7 Å². The highest BCUT2D eigenvalue weighted by Crippen LogP contribution is 2.26. The van der Waals surface area contributed by atoms with Crippen LogP contribution in [-0.2, 0) is 26.9 Å². The van der Waals surface area contributed by atoms with Crippen LogP contribution >= 0.6 is 0 Å². The lowest BCUT2D eigenvalue weighted by Crippen LogP contribution is -2.12. The molecular formula is C16H12F2N2O4S. The number of fused-ring (bicyclic) bond motifs is 1. The number of benzene rings is 2. The van der Waals surface area contributed by atoms with E-state index in [1.807, 2.05) is 0 Å². The maximum absolute atomic E-state index is 13.5. The molecule has 3 rings (SSSR count). The molecule has 0 spiro atoms. The summed E-state index contributed by atoms with van der Waals surface area (Å²) < 4.78 is 53.0. The predicted molar refractivity (Wildman–Crippen MR) is 84.6 cm³/mol. The largest absolute Gasteiger partial charge is 0.480 e. The van der Waals surface area contributed by atoms with Crippen molar-refractivity contribution in [2.75, 3.05) is 0 Å². The second kappa shape index (κ2) is 6.25. The number of aliphatic carboxylic acids is 1. The van der Waals surface area contributed by atoms with E-state index in [9.17, 15) is 22.0 Å². The normalized spacial score (nSPS) is 11.8. The first-order valence-corrected chi connectivity index (χ1v) is 8.76. The van der Waals surface area contributed by atoms with Crippen LogP contribution in [0.3, 0.4) is 0 Å². The lowest BCUT2D eigenvalue weighted by molar-refractivity contribution is -0.137. The summed E-state index contributed by atoms with van der Waals surface area (Å²) in [6.07, 6.45) is 0. The van der Waals surface area contributed by atoms with Crippen LogP contribution in [0.5, 0.6) is 0 Å². The van der Waals surface area contributed by atoms with E-state index >= 15 is 0 Å². The fraction of sp³-hybridized carbons (Fsp3) is 0.125. The molecule has 6 nitrogen and oxygen atoms in total. The average molecular weight is 366 g/mol. The lowest BCUT2D eigenvalue weighted by Gasteiger charge is -2.02. The van der Waals surface area contributed by atoms with E-state index in [0.717, 1.165) is 22.9 Å². The number of rotatable bonds is 5. The summed E-state index contributed by atoms with van der Waals surface area (Å²) in [6, 6.07) is 8.44. The van der Waals surface area contributed by atoms with Crippen LogP contribution in [0, 0.1) is 11.6 Å². The van der Waals surface area contributed by atoms with E-state index in [-0.39, 0.29) is 21.5 Å². The van der Waals surface area contributed by atoms with Crippen molar-refractivity contribution in [3.63, 3.8) is 0 Å². The molecule has 0 fully saturated rings. The minimum Gasteiger partial charge on any atom is -0.480 e. The smallest absolute Gasteiger partial charge is 0.325 e. The molecule has 0 unspecified atom stereocenters. The van der Waals surface area contributed by atoms with Gasteiger partial charge in [0.15, 0.2) is 5.03 Å². The number of nitrogens with zero attached hydrogens (tertiary/aromatic N) is 2. The molecule has 3 aromatic rings. The third-order valence-corrected chi connectivity index (χ3v) is 5.11. The second-order valence-electron chi connectivity index (χ2n) is 5.41. The van der Waals surface area contributed by atoms with Crippen molar-refractivity contribution in [3.8, 4) is 0 Å². The summed E-state index contributed by atoms with van der Waals surface area (Å²) in [5.74, 6) is -2.98. The van der Waals surface area contributed by atoms with Crippen molar-refractivity contribution in [1.82, 2.24) is 9.78 Å². The number of hydrogen-bond acceptors (Lipinski definition) is 4. The first-order valence-electron chi connectivity index (χ1n) is 7.11. The molecule has 0 amide bonds. The van der Waals surface area contributed by atoms with Crippen LogP contribution in [0.15, 0.2) is 47.5 Å². The molecular weight excluding hydrogens is 354 g/mol. The van der Waals surface area contributed by atoms with E-state index in [1.165, 1.54) is 24.3 Å². The molecule has 0 radical (unpaired) electrons. The Labute approximate surface area is 141 Å². The molecule has 25 heavy (non-hydrogen) atoms. The molecule has 130 valence electrons. The van der Waals surface area contributed by atoms with E-state index in [1.54, 1.807) is 0 Å². The quantitative estimate of drug-likeness (QED) is 0.749. The number of sulfone groups is 1. The minimum absolute atomic E-state index is 0.0558. The van der Waals surface area contributed by atoms with E-state index in [4.69, 9.17) is 5.11 Å². The average Bonchev–Trinajstić information content (AvgIpc) is 2.85. The zero-order chi connectivity index (χ0) is 18.2. The Morgan fingerprint density at radius 3 is 2.52 bits per heavy atom. The Hall–Kier alpha value is -2.81. The fourth-order valence-corrected chi connectivity index (χ4v) is 4.00.